The highest BCUT2D eigenvalue weighted by atomic mass is 79.9. The Morgan fingerprint density at radius 1 is 1.30 bits per heavy atom. The lowest BCUT2D eigenvalue weighted by molar-refractivity contribution is 0.763. The van der Waals surface area contributed by atoms with Crippen LogP contribution in [0.1, 0.15) is 15.6 Å². The third-order valence-corrected chi connectivity index (χ3v) is 4.89. The summed E-state index contributed by atoms with van der Waals surface area (Å²) in [5, 5.41) is 0. The molecule has 1 aromatic carbocycles. The number of nitrogens with zero attached hydrogens (tertiary/aromatic N) is 2. The molecule has 20 heavy (non-hydrogen) atoms. The molecule has 2 heterocycles. The largest absolute Gasteiger partial charge is 0.323 e. The number of benzene rings is 1. The average molecular weight is 370 g/mol. The van der Waals surface area contributed by atoms with Crippen molar-refractivity contribution in [3.63, 3.8) is 0 Å². The predicted octanol–water partition coefficient (Wildman–Crippen LogP) is 5.00. The summed E-state index contributed by atoms with van der Waals surface area (Å²) in [5.41, 5.74) is 2.19. The van der Waals surface area contributed by atoms with Crippen molar-refractivity contribution in [1.29, 1.82) is 0 Å². The fraction of sp³-hybridized carbons (Fsp3) is 0.267. The number of thiophene rings is 1. The van der Waals surface area contributed by atoms with Gasteiger partial charge < -0.3 is 4.57 Å². The van der Waals surface area contributed by atoms with Crippen molar-refractivity contribution < 1.29 is 0 Å². The van der Waals surface area contributed by atoms with E-state index in [2.05, 4.69) is 45.6 Å². The molecular formula is C15H14BrClN2S. The van der Waals surface area contributed by atoms with Crippen molar-refractivity contribution in [2.75, 3.05) is 5.88 Å². The molecule has 0 aliphatic carbocycles. The summed E-state index contributed by atoms with van der Waals surface area (Å²) in [7, 11) is 0. The summed E-state index contributed by atoms with van der Waals surface area (Å²) in [5.74, 6) is 1.65. The molecule has 5 heteroatoms. The van der Waals surface area contributed by atoms with E-state index < -0.39 is 0 Å². The van der Waals surface area contributed by atoms with E-state index in [1.165, 1.54) is 9.75 Å². The summed E-state index contributed by atoms with van der Waals surface area (Å²) < 4.78 is 3.35. The topological polar surface area (TPSA) is 17.8 Å². The molecule has 2 nitrogen and oxygen atoms in total. The van der Waals surface area contributed by atoms with E-state index in [0.717, 1.165) is 34.3 Å². The molecule has 0 bridgehead atoms. The van der Waals surface area contributed by atoms with Crippen LogP contribution in [-0.2, 0) is 13.0 Å². The van der Waals surface area contributed by atoms with E-state index >= 15 is 0 Å². The summed E-state index contributed by atoms with van der Waals surface area (Å²) >= 11 is 11.3. The number of imidazole rings is 1. The standard InChI is InChI=1S/C15H14BrClN2S/c1-10-2-4-12(20-10)9-19-14-8-11(16)3-5-13(14)18-15(19)6-7-17/h2-5,8H,6-7,9H2,1H3. The van der Waals surface area contributed by atoms with Gasteiger partial charge in [-0.15, -0.1) is 22.9 Å². The van der Waals surface area contributed by atoms with E-state index in [1.807, 2.05) is 23.5 Å². The quantitative estimate of drug-likeness (QED) is 0.592. The van der Waals surface area contributed by atoms with Crippen molar-refractivity contribution in [2.45, 2.75) is 19.9 Å². The van der Waals surface area contributed by atoms with E-state index in [1.54, 1.807) is 0 Å². The van der Waals surface area contributed by atoms with E-state index in [0.29, 0.717) is 5.88 Å². The van der Waals surface area contributed by atoms with Gasteiger partial charge >= 0.3 is 0 Å². The number of aryl methyl sites for hydroxylation is 2. The summed E-state index contributed by atoms with van der Waals surface area (Å²) in [6.07, 6.45) is 0.790. The highest BCUT2D eigenvalue weighted by molar-refractivity contribution is 9.10. The van der Waals surface area contributed by atoms with Crippen LogP contribution in [0, 0.1) is 6.92 Å². The SMILES string of the molecule is Cc1ccc(Cn2c(CCCl)nc3ccc(Br)cc32)s1. The second-order valence-corrected chi connectivity index (χ2v) is 7.36. The van der Waals surface area contributed by atoms with Gasteiger partial charge in [0.1, 0.15) is 5.82 Å². The highest BCUT2D eigenvalue weighted by Gasteiger charge is 2.12. The van der Waals surface area contributed by atoms with Gasteiger partial charge in [0.25, 0.3) is 0 Å². The molecule has 104 valence electrons. The molecule has 0 aliphatic rings. The van der Waals surface area contributed by atoms with Crippen molar-refractivity contribution in [1.82, 2.24) is 9.55 Å². The van der Waals surface area contributed by atoms with Gasteiger partial charge in [-0.25, -0.2) is 4.98 Å². The minimum Gasteiger partial charge on any atom is -0.323 e. The van der Waals surface area contributed by atoms with Gasteiger partial charge in [0.05, 0.1) is 17.6 Å². The number of aromatic nitrogens is 2. The van der Waals surface area contributed by atoms with Crippen molar-refractivity contribution in [2.24, 2.45) is 0 Å². The molecular weight excluding hydrogens is 356 g/mol. The molecule has 0 radical (unpaired) electrons. The van der Waals surface area contributed by atoms with E-state index in [-0.39, 0.29) is 0 Å². The number of hydrogen-bond acceptors (Lipinski definition) is 2. The minimum absolute atomic E-state index is 0.591. The number of halogens is 2. The molecule has 0 amide bonds. The fourth-order valence-corrected chi connectivity index (χ4v) is 3.72. The highest BCUT2D eigenvalue weighted by Crippen LogP contribution is 2.24. The van der Waals surface area contributed by atoms with E-state index in [9.17, 15) is 0 Å². The average Bonchev–Trinajstić information content (AvgIpc) is 2.96. The molecule has 0 fully saturated rings. The lowest BCUT2D eigenvalue weighted by Crippen LogP contribution is -2.04. The maximum atomic E-state index is 5.91. The lowest BCUT2D eigenvalue weighted by Gasteiger charge is -2.07. The molecule has 2 aromatic heterocycles. The number of hydrogen-bond donors (Lipinski definition) is 0. The molecule has 3 rings (SSSR count). The van der Waals surface area contributed by atoms with Crippen LogP contribution in [-0.4, -0.2) is 15.4 Å². The van der Waals surface area contributed by atoms with E-state index in [4.69, 9.17) is 16.6 Å². The normalized spacial score (nSPS) is 11.3. The molecule has 0 spiro atoms. The zero-order valence-corrected chi connectivity index (χ0v) is 14.2. The van der Waals surface area contributed by atoms with Crippen LogP contribution < -0.4 is 0 Å². The zero-order valence-electron chi connectivity index (χ0n) is 11.1. The van der Waals surface area contributed by atoms with Gasteiger partial charge in [-0.05, 0) is 37.3 Å². The third kappa shape index (κ3) is 2.78. The molecule has 0 saturated carbocycles. The molecule has 3 aromatic rings. The van der Waals surface area contributed by atoms with Crippen molar-refractivity contribution in [3.05, 3.63) is 50.4 Å². The molecule has 0 unspecified atom stereocenters. The van der Waals surface area contributed by atoms with Gasteiger partial charge in [-0.1, -0.05) is 15.9 Å². The molecule has 0 atom stereocenters. The van der Waals surface area contributed by atoms with Crippen molar-refractivity contribution >= 4 is 49.9 Å². The third-order valence-electron chi connectivity index (χ3n) is 3.22. The Bertz CT molecular complexity index is 747. The van der Waals surface area contributed by atoms with Gasteiger partial charge in [-0.2, -0.15) is 0 Å². The first kappa shape index (κ1) is 14.1. The van der Waals surface area contributed by atoms with Crippen LogP contribution >= 0.6 is 38.9 Å². The van der Waals surface area contributed by atoms with Crippen LogP contribution in [0.3, 0.4) is 0 Å². The van der Waals surface area contributed by atoms with Crippen LogP contribution in [0.4, 0.5) is 0 Å². The van der Waals surface area contributed by atoms with Gasteiger partial charge in [0.2, 0.25) is 0 Å². The summed E-state index contributed by atoms with van der Waals surface area (Å²) in [6, 6.07) is 10.6. The summed E-state index contributed by atoms with van der Waals surface area (Å²) in [6.45, 7) is 2.99. The van der Waals surface area contributed by atoms with Gasteiger partial charge in [-0.3, -0.25) is 0 Å². The first-order chi connectivity index (χ1) is 9.67. The van der Waals surface area contributed by atoms with Gasteiger partial charge in [0, 0.05) is 26.5 Å². The Labute approximate surface area is 135 Å². The number of alkyl halides is 1. The second kappa shape index (κ2) is 5.88. The zero-order chi connectivity index (χ0) is 14.1. The van der Waals surface area contributed by atoms with Crippen molar-refractivity contribution in [3.8, 4) is 0 Å². The molecule has 0 N–H and O–H groups in total. The Kier molecular flexibility index (Phi) is 4.15. The minimum atomic E-state index is 0.591. The Morgan fingerprint density at radius 3 is 2.85 bits per heavy atom. The lowest BCUT2D eigenvalue weighted by atomic mass is 10.3. The van der Waals surface area contributed by atoms with Gasteiger partial charge in [0.15, 0.2) is 0 Å². The van der Waals surface area contributed by atoms with Crippen LogP contribution in [0.5, 0.6) is 0 Å². The monoisotopic (exact) mass is 368 g/mol. The van der Waals surface area contributed by atoms with Crippen LogP contribution in [0.2, 0.25) is 0 Å². The Morgan fingerprint density at radius 2 is 2.15 bits per heavy atom. The number of rotatable bonds is 4. The predicted molar refractivity (Wildman–Crippen MR) is 90.0 cm³/mol. The maximum absolute atomic E-state index is 5.91. The smallest absolute Gasteiger partial charge is 0.111 e. The number of fused-ring (bicyclic) bond motifs is 1. The maximum Gasteiger partial charge on any atom is 0.111 e. The summed E-state index contributed by atoms with van der Waals surface area (Å²) in [4.78, 5) is 7.39. The fourth-order valence-electron chi connectivity index (χ4n) is 2.32. The first-order valence-electron chi connectivity index (χ1n) is 6.43. The van der Waals surface area contributed by atoms with Crippen LogP contribution in [0.25, 0.3) is 11.0 Å². The Hall–Kier alpha value is -0.840. The second-order valence-electron chi connectivity index (χ2n) is 4.70. The van der Waals surface area contributed by atoms with Crippen LogP contribution in [0.15, 0.2) is 34.8 Å². The Balaban J connectivity index is 2.09. The molecule has 0 saturated heterocycles. The molecule has 0 aliphatic heterocycles. The first-order valence-corrected chi connectivity index (χ1v) is 8.57.